The molecule has 0 bridgehead atoms. The van der Waals surface area contributed by atoms with Crippen LogP contribution in [0.25, 0.3) is 11.3 Å². The Bertz CT molecular complexity index is 1210. The second-order valence-electron chi connectivity index (χ2n) is 8.16. The van der Waals surface area contributed by atoms with Crippen molar-refractivity contribution in [2.75, 3.05) is 0 Å². The molecule has 2 aromatic heterocycles. The van der Waals surface area contributed by atoms with Gasteiger partial charge in [-0.25, -0.2) is 14.3 Å². The van der Waals surface area contributed by atoms with Gasteiger partial charge in [0.15, 0.2) is 0 Å². The molecule has 0 atom stereocenters. The van der Waals surface area contributed by atoms with Crippen molar-refractivity contribution >= 4 is 12.1 Å². The van der Waals surface area contributed by atoms with E-state index in [4.69, 9.17) is 9.84 Å². The Kier molecular flexibility index (Phi) is 8.57. The summed E-state index contributed by atoms with van der Waals surface area (Å²) in [6.45, 7) is 5.70. The van der Waals surface area contributed by atoms with Crippen LogP contribution >= 0.6 is 0 Å². The van der Waals surface area contributed by atoms with Crippen molar-refractivity contribution in [3.63, 3.8) is 0 Å². The number of nitrogens with one attached hydrogen (secondary N) is 1. The molecule has 1 amide bonds. The minimum absolute atomic E-state index is 0. The Morgan fingerprint density at radius 3 is 2.58 bits per heavy atom. The molecule has 3 rings (SSSR count). The summed E-state index contributed by atoms with van der Waals surface area (Å²) in [6, 6.07) is 11.2. The number of carbonyl (C=O) groups excluding carboxylic acids is 1. The Balaban J connectivity index is 0.00000289. The molecule has 10 heteroatoms. The number of aromatic nitrogens is 3. The molecule has 0 saturated carbocycles. The maximum Gasteiger partial charge on any atom is 1.00 e. The van der Waals surface area contributed by atoms with E-state index in [0.29, 0.717) is 16.8 Å². The zero-order valence-corrected chi connectivity index (χ0v) is 19.0. The van der Waals surface area contributed by atoms with Gasteiger partial charge in [-0.15, -0.1) is 0 Å². The van der Waals surface area contributed by atoms with E-state index in [1.54, 1.807) is 51.4 Å². The van der Waals surface area contributed by atoms with Crippen molar-refractivity contribution in [2.45, 2.75) is 39.5 Å². The minimum Gasteiger partial charge on any atom is -1.00 e. The third kappa shape index (κ3) is 7.59. The van der Waals surface area contributed by atoms with Gasteiger partial charge in [0.2, 0.25) is 0 Å². The number of pyridine rings is 1. The topological polar surface area (TPSA) is 123 Å². The van der Waals surface area contributed by atoms with Crippen molar-refractivity contribution in [3.05, 3.63) is 81.9 Å². The van der Waals surface area contributed by atoms with Crippen LogP contribution in [-0.2, 0) is 17.8 Å². The van der Waals surface area contributed by atoms with Crippen LogP contribution in [0.5, 0.6) is 0 Å². The molecular weight excluding hydrogens is 419 g/mol. The Hall–Kier alpha value is -3.41. The predicted molar refractivity (Wildman–Crippen MR) is 118 cm³/mol. The molecule has 3 aromatic rings. The molecule has 9 nitrogen and oxygen atoms in total. The first-order chi connectivity index (χ1) is 15.1. The van der Waals surface area contributed by atoms with Gasteiger partial charge in [-0.1, -0.05) is 12.1 Å². The number of nitrogens with zero attached hydrogens (tertiary/aromatic N) is 3. The number of amides is 1. The van der Waals surface area contributed by atoms with E-state index >= 15 is 0 Å². The van der Waals surface area contributed by atoms with Crippen LogP contribution in [0.15, 0.2) is 59.7 Å². The van der Waals surface area contributed by atoms with Crippen molar-refractivity contribution in [3.8, 4) is 11.3 Å². The fraction of sp³-hybridized carbons (Fsp3) is 0.261. The molecule has 0 spiro atoms. The number of rotatable bonds is 6. The van der Waals surface area contributed by atoms with E-state index < -0.39 is 17.7 Å². The third-order valence-corrected chi connectivity index (χ3v) is 4.30. The fourth-order valence-electron chi connectivity index (χ4n) is 2.90. The summed E-state index contributed by atoms with van der Waals surface area (Å²) in [6.07, 6.45) is 2.70. The summed E-state index contributed by atoms with van der Waals surface area (Å²) in [4.78, 5) is 39.5. The normalized spacial score (nSPS) is 10.8. The zero-order chi connectivity index (χ0) is 23.3. The Labute approximate surface area is 204 Å². The summed E-state index contributed by atoms with van der Waals surface area (Å²) < 4.78 is 6.49. The second kappa shape index (κ2) is 10.9. The Morgan fingerprint density at radius 2 is 1.88 bits per heavy atom. The van der Waals surface area contributed by atoms with Crippen molar-refractivity contribution < 1.29 is 39.7 Å². The summed E-state index contributed by atoms with van der Waals surface area (Å²) in [5, 5.41) is 16.2. The number of carboxylic acids is 1. The van der Waals surface area contributed by atoms with Crippen LogP contribution in [0, 0.1) is 0 Å². The molecule has 0 aliphatic heterocycles. The van der Waals surface area contributed by atoms with Crippen LogP contribution in [0.3, 0.4) is 0 Å². The molecule has 0 saturated heterocycles. The predicted octanol–water partition coefficient (Wildman–Crippen LogP) is 0.193. The molecule has 0 aliphatic rings. The van der Waals surface area contributed by atoms with E-state index in [1.165, 1.54) is 22.9 Å². The third-order valence-electron chi connectivity index (χ3n) is 4.30. The number of alkyl carbamates (subject to hydrolysis) is 1. The Morgan fingerprint density at radius 1 is 1.12 bits per heavy atom. The molecule has 168 valence electrons. The first-order valence-corrected chi connectivity index (χ1v) is 9.92. The van der Waals surface area contributed by atoms with Crippen LogP contribution in [0.2, 0.25) is 0 Å². The van der Waals surface area contributed by atoms with E-state index in [-0.39, 0.29) is 44.5 Å². The van der Waals surface area contributed by atoms with Crippen molar-refractivity contribution in [1.29, 1.82) is 0 Å². The summed E-state index contributed by atoms with van der Waals surface area (Å²) in [5.74, 6) is -1.04. The molecule has 1 aromatic carbocycles. The molecule has 0 radical (unpaired) electrons. The molecule has 2 heterocycles. The number of carboxylic acid groups (broad SMARTS) is 1. The molecule has 0 fully saturated rings. The SMILES string of the molecule is CC(C)(C)OC(=O)NCc1cncc(-c2ccc(=O)n(Cc3cccc(C(=O)O)c3)n2)c1.[H-].[Li+]. The van der Waals surface area contributed by atoms with Gasteiger partial charge in [-0.05, 0) is 56.2 Å². The smallest absolute Gasteiger partial charge is 1.00 e. The van der Waals surface area contributed by atoms with Crippen LogP contribution in [0.4, 0.5) is 4.79 Å². The standard InChI is InChI=1S/C23H24N4O5.Li.H/c1-23(2,3)32-22(31)25-12-16-10-18(13-24-11-16)19-7-8-20(28)27(26-19)14-15-5-4-6-17(9-15)21(29)30;;/h4-11,13H,12,14H2,1-3H3,(H,25,31)(H,29,30);;/q;+1;-1. The fourth-order valence-corrected chi connectivity index (χ4v) is 2.90. The van der Waals surface area contributed by atoms with Crippen molar-refractivity contribution in [1.82, 2.24) is 20.1 Å². The van der Waals surface area contributed by atoms with E-state index in [2.05, 4.69) is 15.4 Å². The van der Waals surface area contributed by atoms with E-state index in [9.17, 15) is 14.4 Å². The number of aromatic carboxylic acids is 1. The maximum absolute atomic E-state index is 12.3. The van der Waals surface area contributed by atoms with Gasteiger partial charge in [0, 0.05) is 30.6 Å². The molecule has 33 heavy (non-hydrogen) atoms. The average molecular weight is 444 g/mol. The number of hydrogen-bond acceptors (Lipinski definition) is 6. The van der Waals surface area contributed by atoms with Crippen LogP contribution in [-0.4, -0.2) is 37.5 Å². The van der Waals surface area contributed by atoms with Crippen molar-refractivity contribution in [2.24, 2.45) is 0 Å². The first-order valence-electron chi connectivity index (χ1n) is 9.92. The number of ether oxygens (including phenoxy) is 1. The molecule has 0 aliphatic carbocycles. The van der Waals surface area contributed by atoms with Gasteiger partial charge in [0.25, 0.3) is 5.56 Å². The largest absolute Gasteiger partial charge is 1.00 e. The minimum atomic E-state index is -1.04. The summed E-state index contributed by atoms with van der Waals surface area (Å²) in [5.41, 5.74) is 1.80. The molecule has 0 unspecified atom stereocenters. The molecule has 2 N–H and O–H groups in total. The van der Waals surface area contributed by atoms with Gasteiger partial charge in [-0.3, -0.25) is 9.78 Å². The number of benzene rings is 1. The first kappa shape index (κ1) is 25.8. The van der Waals surface area contributed by atoms with Gasteiger partial charge >= 0.3 is 30.9 Å². The van der Waals surface area contributed by atoms with Crippen LogP contribution in [0.1, 0.15) is 43.7 Å². The number of hydrogen-bond donors (Lipinski definition) is 2. The van der Waals surface area contributed by atoms with Gasteiger partial charge in [-0.2, -0.15) is 5.10 Å². The monoisotopic (exact) mass is 444 g/mol. The van der Waals surface area contributed by atoms with Crippen LogP contribution < -0.4 is 29.7 Å². The summed E-state index contributed by atoms with van der Waals surface area (Å²) >= 11 is 0. The maximum atomic E-state index is 12.3. The molecular formula is C23H25LiN4O5. The van der Waals surface area contributed by atoms with Gasteiger partial charge in [0.05, 0.1) is 17.8 Å². The average Bonchev–Trinajstić information content (AvgIpc) is 2.73. The second-order valence-corrected chi connectivity index (χ2v) is 8.16. The zero-order valence-electron chi connectivity index (χ0n) is 20.0. The van der Waals surface area contributed by atoms with E-state index in [1.807, 2.05) is 6.07 Å². The van der Waals surface area contributed by atoms with Gasteiger partial charge < -0.3 is 16.6 Å². The van der Waals surface area contributed by atoms with E-state index in [0.717, 1.165) is 5.56 Å². The summed E-state index contributed by atoms with van der Waals surface area (Å²) in [7, 11) is 0. The van der Waals surface area contributed by atoms with Gasteiger partial charge in [0.1, 0.15) is 5.60 Å². The quantitative estimate of drug-likeness (QED) is 0.521. The number of carbonyl (C=O) groups is 2.